The molecule has 1 aliphatic carbocycles. The Labute approximate surface area is 355 Å². The molecule has 61 heavy (non-hydrogen) atoms. The Balaban J connectivity index is 0.997. The van der Waals surface area contributed by atoms with Crippen LogP contribution in [0, 0.1) is 0 Å². The minimum atomic E-state index is -0.0882. The van der Waals surface area contributed by atoms with Crippen LogP contribution in [0.2, 0.25) is 0 Å². The highest BCUT2D eigenvalue weighted by atomic mass is 14.9. The van der Waals surface area contributed by atoms with Crippen LogP contribution in [0.25, 0.3) is 110 Å². The van der Waals surface area contributed by atoms with Crippen molar-refractivity contribution >= 4 is 43.1 Å². The van der Waals surface area contributed by atoms with Crippen molar-refractivity contribution in [3.8, 4) is 67.3 Å². The first-order valence-electron chi connectivity index (χ1n) is 21.1. The molecule has 12 rings (SSSR count). The summed E-state index contributed by atoms with van der Waals surface area (Å²) >= 11 is 0. The molecule has 1 aromatic heterocycles. The molecule has 0 bridgehead atoms. The molecule has 0 saturated carbocycles. The molecule has 286 valence electrons. The lowest BCUT2D eigenvalue weighted by molar-refractivity contribution is 0.666. The predicted octanol–water partition coefficient (Wildman–Crippen LogP) is 15.7. The third kappa shape index (κ3) is 5.64. The Morgan fingerprint density at radius 3 is 1.54 bits per heavy atom. The maximum atomic E-state index is 5.31. The van der Waals surface area contributed by atoms with Crippen LogP contribution in [0.4, 0.5) is 0 Å². The van der Waals surface area contributed by atoms with Crippen molar-refractivity contribution in [2.75, 3.05) is 0 Å². The third-order valence-corrected chi connectivity index (χ3v) is 13.1. The molecule has 0 N–H and O–H groups in total. The summed E-state index contributed by atoms with van der Waals surface area (Å²) in [4.78, 5) is 10.6. The molecule has 1 heterocycles. The van der Waals surface area contributed by atoms with Gasteiger partial charge < -0.3 is 0 Å². The number of hydrogen-bond acceptors (Lipinski definition) is 2. The predicted molar refractivity (Wildman–Crippen MR) is 257 cm³/mol. The summed E-state index contributed by atoms with van der Waals surface area (Å²) in [5.74, 6) is 0.710. The van der Waals surface area contributed by atoms with Gasteiger partial charge in [-0.05, 0) is 112 Å². The Hall–Kier alpha value is -7.68. The Morgan fingerprint density at radius 1 is 0.311 bits per heavy atom. The number of aromatic nitrogens is 2. The normalized spacial score (nSPS) is 12.9. The van der Waals surface area contributed by atoms with Gasteiger partial charge in [0.25, 0.3) is 0 Å². The zero-order valence-corrected chi connectivity index (χ0v) is 34.0. The van der Waals surface area contributed by atoms with Gasteiger partial charge in [0.1, 0.15) is 0 Å². The molecule has 10 aromatic carbocycles. The molecular weight excluding hydrogens is 737 g/mol. The van der Waals surface area contributed by atoms with Gasteiger partial charge in [0.2, 0.25) is 0 Å². The molecule has 2 heteroatoms. The molecule has 0 spiro atoms. The first-order valence-corrected chi connectivity index (χ1v) is 21.1. The van der Waals surface area contributed by atoms with E-state index in [1.54, 1.807) is 0 Å². The van der Waals surface area contributed by atoms with Gasteiger partial charge in [0, 0.05) is 22.1 Å². The minimum Gasteiger partial charge on any atom is -0.228 e. The van der Waals surface area contributed by atoms with Crippen molar-refractivity contribution in [1.29, 1.82) is 0 Å². The van der Waals surface area contributed by atoms with Crippen LogP contribution < -0.4 is 0 Å². The van der Waals surface area contributed by atoms with Crippen LogP contribution in [0.5, 0.6) is 0 Å². The molecule has 0 aliphatic heterocycles. The van der Waals surface area contributed by atoms with Gasteiger partial charge in [-0.15, -0.1) is 0 Å². The van der Waals surface area contributed by atoms with E-state index in [1.807, 2.05) is 6.07 Å². The van der Waals surface area contributed by atoms with E-state index in [1.165, 1.54) is 82.2 Å². The lowest BCUT2D eigenvalue weighted by atomic mass is 9.80. The van der Waals surface area contributed by atoms with Crippen molar-refractivity contribution in [3.05, 3.63) is 217 Å². The maximum absolute atomic E-state index is 5.31. The van der Waals surface area contributed by atoms with E-state index >= 15 is 0 Å². The van der Waals surface area contributed by atoms with Crippen LogP contribution in [0.15, 0.2) is 206 Å². The summed E-state index contributed by atoms with van der Waals surface area (Å²) in [5.41, 5.74) is 15.2. The second-order valence-corrected chi connectivity index (χ2v) is 16.9. The number of hydrogen-bond donors (Lipinski definition) is 0. The highest BCUT2D eigenvalue weighted by Crippen LogP contribution is 2.52. The van der Waals surface area contributed by atoms with Crippen LogP contribution in [0.1, 0.15) is 25.0 Å². The number of fused-ring (bicyclic) bond motifs is 8. The second kappa shape index (κ2) is 13.7. The van der Waals surface area contributed by atoms with Gasteiger partial charge in [-0.3, -0.25) is 0 Å². The Bertz CT molecular complexity index is 3560. The minimum absolute atomic E-state index is 0.0882. The fraction of sp³-hybridized carbons (Fsp3) is 0.0508. The van der Waals surface area contributed by atoms with E-state index < -0.39 is 0 Å². The zero-order valence-electron chi connectivity index (χ0n) is 34.0. The molecule has 1 aliphatic rings. The summed E-state index contributed by atoms with van der Waals surface area (Å²) in [5, 5.41) is 9.79. The molecule has 0 atom stereocenters. The smallest absolute Gasteiger partial charge is 0.161 e. The van der Waals surface area contributed by atoms with E-state index in [0.717, 1.165) is 33.5 Å². The molecule has 11 aromatic rings. The van der Waals surface area contributed by atoms with Crippen LogP contribution in [-0.4, -0.2) is 9.97 Å². The molecule has 0 saturated heterocycles. The van der Waals surface area contributed by atoms with E-state index in [-0.39, 0.29) is 5.41 Å². The second-order valence-electron chi connectivity index (χ2n) is 16.9. The largest absolute Gasteiger partial charge is 0.228 e. The van der Waals surface area contributed by atoms with Gasteiger partial charge in [0.05, 0.1) is 11.4 Å². The Kier molecular flexibility index (Phi) is 7.92. The van der Waals surface area contributed by atoms with Crippen molar-refractivity contribution in [2.24, 2.45) is 0 Å². The summed E-state index contributed by atoms with van der Waals surface area (Å²) < 4.78 is 0. The van der Waals surface area contributed by atoms with Gasteiger partial charge in [-0.1, -0.05) is 196 Å². The zero-order chi connectivity index (χ0) is 40.7. The van der Waals surface area contributed by atoms with E-state index in [0.29, 0.717) is 5.82 Å². The SMILES string of the molecule is CC1(C)c2ccc(-c3ccc(-c4ccc(-c5nc(-c6ccccc6)cc(-c6ccc7ccccc7c6)n5)c5ccccc45)c4ccccc34)cc2-c2ccc3ccccc3c21. The molecule has 2 nitrogen and oxygen atoms in total. The summed E-state index contributed by atoms with van der Waals surface area (Å²) in [6, 6.07) is 74.9. The van der Waals surface area contributed by atoms with Crippen molar-refractivity contribution in [2.45, 2.75) is 19.3 Å². The van der Waals surface area contributed by atoms with Gasteiger partial charge in [-0.2, -0.15) is 0 Å². The number of benzene rings is 10. The highest BCUT2D eigenvalue weighted by Gasteiger charge is 2.37. The van der Waals surface area contributed by atoms with Gasteiger partial charge in [-0.25, -0.2) is 9.97 Å². The van der Waals surface area contributed by atoms with Crippen LogP contribution in [-0.2, 0) is 5.41 Å². The first kappa shape index (κ1) is 35.3. The molecular formula is C59H40N2. The average molecular weight is 777 g/mol. The van der Waals surface area contributed by atoms with Crippen molar-refractivity contribution in [3.63, 3.8) is 0 Å². The summed E-state index contributed by atoms with van der Waals surface area (Å²) in [6.07, 6.45) is 0. The molecule has 0 unspecified atom stereocenters. The fourth-order valence-electron chi connectivity index (χ4n) is 10.1. The fourth-order valence-corrected chi connectivity index (χ4v) is 10.1. The number of nitrogens with zero attached hydrogens (tertiary/aromatic N) is 2. The average Bonchev–Trinajstić information content (AvgIpc) is 3.56. The molecule has 0 amide bonds. The standard InChI is InChI=1S/C59H40N2/c1-59(2)54-33-27-41(35-53(54)51-28-26-38-15-8-9-19-44(38)57(51)59)43-29-30-49(46-21-11-10-20-45(43)46)50-31-32-52(48-23-13-12-22-47(48)50)58-60-55(39-16-4-3-5-17-39)36-56(61-58)42-25-24-37-14-6-7-18-40(37)34-42/h3-36H,1-2H3. The summed E-state index contributed by atoms with van der Waals surface area (Å²) in [7, 11) is 0. The number of rotatable bonds is 5. The van der Waals surface area contributed by atoms with Crippen molar-refractivity contribution < 1.29 is 0 Å². The Morgan fingerprint density at radius 2 is 0.820 bits per heavy atom. The monoisotopic (exact) mass is 776 g/mol. The van der Waals surface area contributed by atoms with E-state index in [4.69, 9.17) is 9.97 Å². The van der Waals surface area contributed by atoms with Crippen LogP contribution >= 0.6 is 0 Å². The highest BCUT2D eigenvalue weighted by molar-refractivity contribution is 6.12. The maximum Gasteiger partial charge on any atom is 0.161 e. The first-order chi connectivity index (χ1) is 30.0. The van der Waals surface area contributed by atoms with E-state index in [9.17, 15) is 0 Å². The summed E-state index contributed by atoms with van der Waals surface area (Å²) in [6.45, 7) is 4.75. The lowest BCUT2D eigenvalue weighted by Gasteiger charge is -2.23. The lowest BCUT2D eigenvalue weighted by Crippen LogP contribution is -2.15. The third-order valence-electron chi connectivity index (χ3n) is 13.1. The van der Waals surface area contributed by atoms with Crippen molar-refractivity contribution in [1.82, 2.24) is 9.97 Å². The quantitative estimate of drug-likeness (QED) is 0.174. The van der Waals surface area contributed by atoms with Gasteiger partial charge in [0.15, 0.2) is 5.82 Å². The topological polar surface area (TPSA) is 25.8 Å². The molecule has 0 fully saturated rings. The molecule has 0 radical (unpaired) electrons. The van der Waals surface area contributed by atoms with Gasteiger partial charge >= 0.3 is 0 Å². The van der Waals surface area contributed by atoms with Crippen LogP contribution in [0.3, 0.4) is 0 Å². The van der Waals surface area contributed by atoms with E-state index in [2.05, 4.69) is 214 Å².